The zero-order valence-corrected chi connectivity index (χ0v) is 3.38. The Morgan fingerprint density at radius 2 is 1.60 bits per heavy atom. The van der Waals surface area contributed by atoms with E-state index in [-0.39, 0.29) is 64.0 Å². The number of aliphatic hydroxyl groups excluding tert-OH is 1. The fraction of sp³-hybridized carbons (Fsp3) is 1.00. The maximum absolute atomic E-state index is 7.57. The van der Waals surface area contributed by atoms with Crippen LogP contribution < -0.4 is 0 Å². The monoisotopic (exact) mass is 310 g/mol. The van der Waals surface area contributed by atoms with Crippen molar-refractivity contribution in [2.75, 3.05) is 6.61 Å². The Morgan fingerprint density at radius 3 is 1.60 bits per heavy atom. The van der Waals surface area contributed by atoms with Crippen molar-refractivity contribution in [2.45, 2.75) is 6.92 Å². The second-order valence-electron chi connectivity index (χ2n) is 0.316. The van der Waals surface area contributed by atoms with Gasteiger partial charge in [-0.15, -0.1) is 12.4 Å². The van der Waals surface area contributed by atoms with Crippen LogP contribution in [0.1, 0.15) is 6.92 Å². The SMILES string of the molecule is CCO.Cl.[RaH2]. The molecule has 0 saturated heterocycles. The van der Waals surface area contributed by atoms with Crippen LogP contribution in [0.25, 0.3) is 0 Å². The molecule has 0 amide bonds. The Balaban J connectivity index is -0.0000000200. The van der Waals surface area contributed by atoms with Crippen molar-refractivity contribution in [3.63, 3.8) is 0 Å². The summed E-state index contributed by atoms with van der Waals surface area (Å²) < 4.78 is 0. The topological polar surface area (TPSA) is 20.2 Å². The van der Waals surface area contributed by atoms with E-state index < -0.39 is 0 Å². The average Bonchev–Trinajstić information content (AvgIpc) is 0.918. The van der Waals surface area contributed by atoms with E-state index >= 15 is 0 Å². The van der Waals surface area contributed by atoms with Gasteiger partial charge in [-0.2, -0.15) is 0 Å². The first kappa shape index (κ1) is 15.9. The Labute approximate surface area is 75.0 Å². The molecule has 0 atom stereocenters. The Kier molecular flexibility index (Phi) is 54.8. The molecule has 32 valence electrons. The summed E-state index contributed by atoms with van der Waals surface area (Å²) in [6.45, 7) is 1.93. The van der Waals surface area contributed by atoms with Gasteiger partial charge in [0.25, 0.3) is 0 Å². The van der Waals surface area contributed by atoms with Crippen LogP contribution in [0.3, 0.4) is 0 Å². The molecular formula is C2H9ClORa. The van der Waals surface area contributed by atoms with Crippen molar-refractivity contribution in [1.29, 1.82) is 0 Å². The van der Waals surface area contributed by atoms with Crippen molar-refractivity contribution < 1.29 is 50.1 Å². The number of halogens is 1. The first-order valence-corrected chi connectivity index (χ1v) is 1.02. The van der Waals surface area contributed by atoms with E-state index in [1.54, 1.807) is 6.92 Å². The molecule has 0 aromatic rings. The van der Waals surface area contributed by atoms with Crippen LogP contribution in [0, 0.1) is 45.0 Å². The molecule has 0 unspecified atom stereocenters. The van der Waals surface area contributed by atoms with E-state index in [4.69, 9.17) is 5.11 Å². The first-order chi connectivity index (χ1) is 1.41. The molecule has 0 spiro atoms. The molecule has 5 heavy (non-hydrogen) atoms. The van der Waals surface area contributed by atoms with Gasteiger partial charge in [-0.3, -0.25) is 0 Å². The van der Waals surface area contributed by atoms with Gasteiger partial charge in [-0.25, -0.2) is 0 Å². The van der Waals surface area contributed by atoms with Gasteiger partial charge in [0, 0.05) is 6.61 Å². The van der Waals surface area contributed by atoms with Gasteiger partial charge in [0.1, 0.15) is 0 Å². The van der Waals surface area contributed by atoms with Crippen molar-refractivity contribution in [3.05, 3.63) is 0 Å². The molecular weight excluding hydrogens is 301 g/mol. The zero-order chi connectivity index (χ0) is 2.71. The second kappa shape index (κ2) is 17.2. The fourth-order valence-corrected chi connectivity index (χ4v) is 0. The summed E-state index contributed by atoms with van der Waals surface area (Å²) in [5.74, 6) is 0. The molecule has 1 nitrogen and oxygen atoms in total. The molecule has 0 radical (unpaired) electrons. The van der Waals surface area contributed by atoms with Gasteiger partial charge in [-0.1, -0.05) is 0 Å². The standard InChI is InChI=1S/C2H6O.ClH.Ra.2H/c1-2-3;;;;/h3H,2H2,1H3;1H;;;. The van der Waals surface area contributed by atoms with Crippen molar-refractivity contribution in [3.8, 4) is 0 Å². The molecule has 0 aliphatic rings. The summed E-state index contributed by atoms with van der Waals surface area (Å²) in [5.41, 5.74) is 0. The summed E-state index contributed by atoms with van der Waals surface area (Å²) in [5, 5.41) is 7.57. The van der Waals surface area contributed by atoms with Crippen LogP contribution in [0.2, 0.25) is 0 Å². The second-order valence-corrected chi connectivity index (χ2v) is 0.316. The summed E-state index contributed by atoms with van der Waals surface area (Å²) in [4.78, 5) is 0. The van der Waals surface area contributed by atoms with Gasteiger partial charge in [-0.05, 0) is 6.92 Å². The van der Waals surface area contributed by atoms with Crippen LogP contribution >= 0.6 is 12.4 Å². The fourth-order valence-electron chi connectivity index (χ4n) is 0. The van der Waals surface area contributed by atoms with Gasteiger partial charge in [0.05, 0.1) is 0 Å². The van der Waals surface area contributed by atoms with Crippen LogP contribution in [-0.4, -0.2) is 11.7 Å². The van der Waals surface area contributed by atoms with Crippen molar-refractivity contribution in [1.82, 2.24) is 0 Å². The summed E-state index contributed by atoms with van der Waals surface area (Å²) >= 11 is 0. The number of hydrogen-bond donors (Lipinski definition) is 1. The molecule has 1 N–H and O–H groups in total. The third kappa shape index (κ3) is 26.8. The Morgan fingerprint density at radius 1 is 1.60 bits per heavy atom. The summed E-state index contributed by atoms with van der Waals surface area (Å²) in [6, 6.07) is 0. The van der Waals surface area contributed by atoms with Gasteiger partial charge in [0.15, 0.2) is 0 Å². The number of hydrogen-bond acceptors (Lipinski definition) is 1. The van der Waals surface area contributed by atoms with E-state index in [1.165, 1.54) is 0 Å². The van der Waals surface area contributed by atoms with Gasteiger partial charge in [0.2, 0.25) is 0 Å². The third-order valence-corrected chi connectivity index (χ3v) is 0. The van der Waals surface area contributed by atoms with Gasteiger partial charge >= 0.3 is 45.0 Å². The third-order valence-electron chi connectivity index (χ3n) is 0. The van der Waals surface area contributed by atoms with Crippen LogP contribution in [0.15, 0.2) is 0 Å². The minimum atomic E-state index is 0. The molecule has 0 bridgehead atoms. The summed E-state index contributed by atoms with van der Waals surface area (Å²) in [6.07, 6.45) is 0. The summed E-state index contributed by atoms with van der Waals surface area (Å²) in [7, 11) is 0. The molecule has 0 saturated carbocycles. The molecule has 0 aliphatic heterocycles. The number of aliphatic hydroxyl groups is 1. The Hall–Kier alpha value is 1.72. The zero-order valence-electron chi connectivity index (χ0n) is 2.56. The predicted octanol–water partition coefficient (Wildman–Crippen LogP) is -0.115. The molecule has 3 heteroatoms. The van der Waals surface area contributed by atoms with E-state index in [9.17, 15) is 0 Å². The molecule has 0 heterocycles. The van der Waals surface area contributed by atoms with E-state index in [0.717, 1.165) is 0 Å². The minimum absolute atomic E-state index is 0. The predicted molar refractivity (Wildman–Crippen MR) is 22.8 cm³/mol. The Bertz CT molecular complexity index is 9.61. The quantitative estimate of drug-likeness (QED) is 0.662. The van der Waals surface area contributed by atoms with Crippen molar-refractivity contribution >= 4 is 12.4 Å². The van der Waals surface area contributed by atoms with Crippen LogP contribution in [0.5, 0.6) is 0 Å². The van der Waals surface area contributed by atoms with Crippen molar-refractivity contribution in [2.24, 2.45) is 0 Å². The maximum atomic E-state index is 7.57. The average molecular weight is 311 g/mol. The molecule has 0 aromatic heterocycles. The van der Waals surface area contributed by atoms with E-state index in [1.807, 2.05) is 0 Å². The number of rotatable bonds is 0. The molecule has 0 aromatic carbocycles. The molecule has 0 rings (SSSR count). The normalized spacial score (nSPS) is 3.60. The molecule has 0 aliphatic carbocycles. The van der Waals surface area contributed by atoms with Crippen LogP contribution in [-0.2, 0) is 0 Å². The first-order valence-electron chi connectivity index (χ1n) is 1.02. The van der Waals surface area contributed by atoms with Crippen LogP contribution in [0.4, 0.5) is 0 Å². The van der Waals surface area contributed by atoms with E-state index in [0.29, 0.717) is 0 Å². The van der Waals surface area contributed by atoms with Gasteiger partial charge < -0.3 is 5.11 Å². The molecule has 0 fully saturated rings. The van der Waals surface area contributed by atoms with E-state index in [2.05, 4.69) is 0 Å².